The second kappa shape index (κ2) is 7.99. The highest BCUT2D eigenvalue weighted by atomic mass is 16.5. The van der Waals surface area contributed by atoms with Crippen LogP contribution in [0.15, 0.2) is 24.3 Å². The lowest BCUT2D eigenvalue weighted by molar-refractivity contribution is -0.139. The Kier molecular flexibility index (Phi) is 6.02. The molecule has 5 heteroatoms. The lowest BCUT2D eigenvalue weighted by atomic mass is 9.93. The molecule has 0 unspecified atom stereocenters. The van der Waals surface area contributed by atoms with Crippen molar-refractivity contribution in [3.63, 3.8) is 0 Å². The maximum Gasteiger partial charge on any atom is 0.305 e. The van der Waals surface area contributed by atoms with E-state index in [0.717, 1.165) is 37.0 Å². The molecule has 1 amide bonds. The summed E-state index contributed by atoms with van der Waals surface area (Å²) in [5.74, 6) is -0.125. The number of carboxylic acid groups (broad SMARTS) is 1. The highest BCUT2D eigenvalue weighted by molar-refractivity contribution is 5.78. The van der Waals surface area contributed by atoms with Gasteiger partial charge < -0.3 is 15.2 Å². The molecule has 1 aliphatic carbocycles. The number of amides is 1. The van der Waals surface area contributed by atoms with E-state index in [2.05, 4.69) is 5.32 Å². The van der Waals surface area contributed by atoms with Gasteiger partial charge in [-0.05, 0) is 43.9 Å². The van der Waals surface area contributed by atoms with Crippen LogP contribution >= 0.6 is 0 Å². The van der Waals surface area contributed by atoms with Gasteiger partial charge in [0, 0.05) is 6.42 Å². The average molecular weight is 319 g/mol. The Labute approximate surface area is 137 Å². The van der Waals surface area contributed by atoms with Gasteiger partial charge in [0.2, 0.25) is 5.91 Å². The van der Waals surface area contributed by atoms with Crippen molar-refractivity contribution >= 4 is 11.9 Å². The molecule has 1 aliphatic rings. The number of carbonyl (C=O) groups is 2. The van der Waals surface area contributed by atoms with E-state index in [9.17, 15) is 9.59 Å². The predicted molar refractivity (Wildman–Crippen MR) is 87.5 cm³/mol. The van der Waals surface area contributed by atoms with Gasteiger partial charge in [-0.15, -0.1) is 0 Å². The maximum atomic E-state index is 12.1. The van der Waals surface area contributed by atoms with Crippen LogP contribution in [0.3, 0.4) is 0 Å². The van der Waals surface area contributed by atoms with Gasteiger partial charge in [-0.2, -0.15) is 0 Å². The Morgan fingerprint density at radius 2 is 2.04 bits per heavy atom. The quantitative estimate of drug-likeness (QED) is 0.722. The van der Waals surface area contributed by atoms with Crippen molar-refractivity contribution in [3.05, 3.63) is 29.8 Å². The Balaban J connectivity index is 1.73. The fourth-order valence-electron chi connectivity index (χ4n) is 3.17. The largest absolute Gasteiger partial charge is 0.494 e. The summed E-state index contributed by atoms with van der Waals surface area (Å²) in [7, 11) is 0. The van der Waals surface area contributed by atoms with Crippen molar-refractivity contribution in [2.45, 2.75) is 57.4 Å². The number of carboxylic acids is 1. The first kappa shape index (κ1) is 17.3. The van der Waals surface area contributed by atoms with E-state index < -0.39 is 11.5 Å². The molecule has 0 bridgehead atoms. The lowest BCUT2D eigenvalue weighted by Gasteiger charge is -2.28. The average Bonchev–Trinajstić information content (AvgIpc) is 2.91. The van der Waals surface area contributed by atoms with Crippen LogP contribution in [0.1, 0.15) is 50.5 Å². The minimum Gasteiger partial charge on any atom is -0.494 e. The van der Waals surface area contributed by atoms with Crippen LogP contribution in [-0.4, -0.2) is 29.1 Å². The number of aliphatic carboxylic acids is 1. The van der Waals surface area contributed by atoms with Gasteiger partial charge in [0.25, 0.3) is 0 Å². The molecule has 1 saturated carbocycles. The number of benzene rings is 1. The molecule has 0 saturated heterocycles. The highest BCUT2D eigenvalue weighted by Gasteiger charge is 2.37. The van der Waals surface area contributed by atoms with E-state index in [0.29, 0.717) is 19.4 Å². The number of carbonyl (C=O) groups excluding carboxylic acids is 1. The van der Waals surface area contributed by atoms with Crippen molar-refractivity contribution < 1.29 is 19.4 Å². The first-order valence-electron chi connectivity index (χ1n) is 8.21. The van der Waals surface area contributed by atoms with E-state index in [4.69, 9.17) is 9.84 Å². The zero-order chi connectivity index (χ0) is 16.7. The molecule has 0 aromatic heterocycles. The molecule has 0 spiro atoms. The van der Waals surface area contributed by atoms with Crippen LogP contribution in [-0.2, 0) is 9.59 Å². The predicted octanol–water partition coefficient (Wildman–Crippen LogP) is 3.06. The van der Waals surface area contributed by atoms with E-state index in [1.165, 1.54) is 0 Å². The topological polar surface area (TPSA) is 75.6 Å². The molecular weight excluding hydrogens is 294 g/mol. The number of hydrogen-bond acceptors (Lipinski definition) is 3. The number of nitrogens with one attached hydrogen (secondary N) is 1. The minimum atomic E-state index is -0.852. The molecule has 126 valence electrons. The highest BCUT2D eigenvalue weighted by Crippen LogP contribution is 2.32. The molecule has 23 heavy (non-hydrogen) atoms. The third-order valence-corrected chi connectivity index (χ3v) is 4.26. The monoisotopic (exact) mass is 319 g/mol. The molecule has 0 atom stereocenters. The molecule has 1 aromatic rings. The Bertz CT molecular complexity index is 550. The standard InChI is InChI=1S/C18H25NO4/c1-14-6-4-7-15(12-14)23-11-5-8-16(20)19-18(13-17(21)22)9-2-3-10-18/h4,6-7,12H,2-3,5,8-11,13H2,1H3,(H,19,20)(H,21,22). The van der Waals surface area contributed by atoms with Gasteiger partial charge in [0.15, 0.2) is 0 Å². The van der Waals surface area contributed by atoms with Crippen molar-refractivity contribution in [2.24, 2.45) is 0 Å². The fraction of sp³-hybridized carbons (Fsp3) is 0.556. The molecule has 1 fully saturated rings. The van der Waals surface area contributed by atoms with Crippen molar-refractivity contribution in [2.75, 3.05) is 6.61 Å². The molecule has 2 N–H and O–H groups in total. The third kappa shape index (κ3) is 5.58. The first-order valence-corrected chi connectivity index (χ1v) is 8.21. The summed E-state index contributed by atoms with van der Waals surface area (Å²) in [6.07, 6.45) is 4.44. The lowest BCUT2D eigenvalue weighted by Crippen LogP contribution is -2.47. The number of aryl methyl sites for hydroxylation is 1. The smallest absolute Gasteiger partial charge is 0.305 e. The van der Waals surface area contributed by atoms with Gasteiger partial charge in [-0.3, -0.25) is 9.59 Å². The van der Waals surface area contributed by atoms with Crippen molar-refractivity contribution in [3.8, 4) is 5.75 Å². The van der Waals surface area contributed by atoms with Crippen LogP contribution in [0.5, 0.6) is 5.75 Å². The summed E-state index contributed by atoms with van der Waals surface area (Å²) in [6, 6.07) is 7.80. The summed E-state index contributed by atoms with van der Waals surface area (Å²) in [6.45, 7) is 2.48. The zero-order valence-electron chi connectivity index (χ0n) is 13.6. The molecule has 2 rings (SSSR count). The summed E-state index contributed by atoms with van der Waals surface area (Å²) in [5, 5.41) is 12.0. The molecular formula is C18H25NO4. The van der Waals surface area contributed by atoms with E-state index in [1.54, 1.807) is 0 Å². The van der Waals surface area contributed by atoms with E-state index in [-0.39, 0.29) is 12.3 Å². The fourth-order valence-corrected chi connectivity index (χ4v) is 3.17. The summed E-state index contributed by atoms with van der Waals surface area (Å²) < 4.78 is 5.62. The number of ether oxygens (including phenoxy) is 1. The third-order valence-electron chi connectivity index (χ3n) is 4.26. The van der Waals surface area contributed by atoms with Crippen molar-refractivity contribution in [1.29, 1.82) is 0 Å². The number of rotatable bonds is 8. The molecule has 5 nitrogen and oxygen atoms in total. The van der Waals surface area contributed by atoms with Crippen LogP contribution in [0.2, 0.25) is 0 Å². The van der Waals surface area contributed by atoms with Gasteiger partial charge >= 0.3 is 5.97 Å². The van der Waals surface area contributed by atoms with Gasteiger partial charge in [-0.25, -0.2) is 0 Å². The van der Waals surface area contributed by atoms with Gasteiger partial charge in [-0.1, -0.05) is 25.0 Å². The zero-order valence-corrected chi connectivity index (χ0v) is 13.6. The van der Waals surface area contributed by atoms with Crippen LogP contribution in [0, 0.1) is 6.92 Å². The van der Waals surface area contributed by atoms with Crippen molar-refractivity contribution in [1.82, 2.24) is 5.32 Å². The van der Waals surface area contributed by atoms with Crippen LogP contribution < -0.4 is 10.1 Å². The number of hydrogen-bond donors (Lipinski definition) is 2. The molecule has 0 heterocycles. The maximum absolute atomic E-state index is 12.1. The Morgan fingerprint density at radius 3 is 2.70 bits per heavy atom. The van der Waals surface area contributed by atoms with Crippen LogP contribution in [0.25, 0.3) is 0 Å². The van der Waals surface area contributed by atoms with Gasteiger partial charge in [0.1, 0.15) is 5.75 Å². The van der Waals surface area contributed by atoms with Crippen LogP contribution in [0.4, 0.5) is 0 Å². The second-order valence-corrected chi connectivity index (χ2v) is 6.37. The molecule has 1 aromatic carbocycles. The van der Waals surface area contributed by atoms with E-state index >= 15 is 0 Å². The summed E-state index contributed by atoms with van der Waals surface area (Å²) >= 11 is 0. The minimum absolute atomic E-state index is 0.0124. The van der Waals surface area contributed by atoms with Gasteiger partial charge in [0.05, 0.1) is 18.6 Å². The first-order chi connectivity index (χ1) is 11.0. The van der Waals surface area contributed by atoms with E-state index in [1.807, 2.05) is 31.2 Å². The summed E-state index contributed by atoms with van der Waals surface area (Å²) in [4.78, 5) is 23.1. The molecule has 0 radical (unpaired) electrons. The summed E-state index contributed by atoms with van der Waals surface area (Å²) in [5.41, 5.74) is 0.595. The second-order valence-electron chi connectivity index (χ2n) is 6.37. The Hall–Kier alpha value is -2.04. The Morgan fingerprint density at radius 1 is 1.30 bits per heavy atom. The molecule has 0 aliphatic heterocycles. The normalized spacial score (nSPS) is 16.0. The SMILES string of the molecule is Cc1cccc(OCCCC(=O)NC2(CC(=O)O)CCCC2)c1.